The number of nitrogens with one attached hydrogen (secondary N) is 2. The Balaban J connectivity index is 1.98. The zero-order valence-electron chi connectivity index (χ0n) is 15.4. The zero-order valence-corrected chi connectivity index (χ0v) is 16.2. The number of rotatable bonds is 8. The summed E-state index contributed by atoms with van der Waals surface area (Å²) in [6.45, 7) is 7.37. The summed E-state index contributed by atoms with van der Waals surface area (Å²) in [6, 6.07) is 3.25. The van der Waals surface area contributed by atoms with E-state index in [0.29, 0.717) is 6.54 Å². The number of carbonyl (C=O) groups is 1. The quantitative estimate of drug-likeness (QED) is 0.717. The largest absolute Gasteiger partial charge is 0.352 e. The van der Waals surface area contributed by atoms with Gasteiger partial charge in [-0.2, -0.15) is 0 Å². The lowest BCUT2D eigenvalue weighted by molar-refractivity contribution is 0.0938. The molecular formula is C18H28FN3O3S. The van der Waals surface area contributed by atoms with Gasteiger partial charge in [0, 0.05) is 19.6 Å². The maximum absolute atomic E-state index is 14.0. The normalized spacial score (nSPS) is 17.0. The third-order valence-corrected chi connectivity index (χ3v) is 6.00. The number of nitrogens with zero attached hydrogens (tertiary/aromatic N) is 1. The molecule has 0 aromatic heterocycles. The molecule has 1 atom stereocenters. The number of likely N-dealkylation sites (tertiary alicyclic amines) is 1. The molecule has 1 heterocycles. The van der Waals surface area contributed by atoms with Crippen LogP contribution in [0.2, 0.25) is 0 Å². The van der Waals surface area contributed by atoms with Crippen molar-refractivity contribution in [2.45, 2.75) is 38.0 Å². The van der Waals surface area contributed by atoms with Crippen LogP contribution in [0.1, 0.15) is 43.5 Å². The predicted octanol–water partition coefficient (Wildman–Crippen LogP) is 1.98. The standard InChI is InChI=1S/C18H28FN3O3S/c1-3-21-26(24,25)15-7-8-17(19)16(11-15)18(23)20-12-14(2)13-22-9-5-4-6-10-22/h7-8,11,14,21H,3-6,9-10,12-13H2,1-2H3,(H,20,23). The second-order valence-corrected chi connectivity index (χ2v) is 8.59. The molecule has 8 heteroatoms. The van der Waals surface area contributed by atoms with Crippen LogP contribution >= 0.6 is 0 Å². The number of amides is 1. The van der Waals surface area contributed by atoms with Crippen molar-refractivity contribution in [2.24, 2.45) is 5.92 Å². The fraction of sp³-hybridized carbons (Fsp3) is 0.611. The molecule has 1 aromatic carbocycles. The topological polar surface area (TPSA) is 78.5 Å². The summed E-state index contributed by atoms with van der Waals surface area (Å²) in [5.41, 5.74) is -0.255. The Hall–Kier alpha value is -1.51. The van der Waals surface area contributed by atoms with Crippen molar-refractivity contribution >= 4 is 15.9 Å². The smallest absolute Gasteiger partial charge is 0.254 e. The van der Waals surface area contributed by atoms with E-state index in [2.05, 4.69) is 14.9 Å². The maximum Gasteiger partial charge on any atom is 0.254 e. The lowest BCUT2D eigenvalue weighted by Gasteiger charge is -2.29. The molecule has 0 spiro atoms. The van der Waals surface area contributed by atoms with Gasteiger partial charge in [0.1, 0.15) is 5.82 Å². The van der Waals surface area contributed by atoms with Crippen LogP contribution in [0.5, 0.6) is 0 Å². The molecule has 2 rings (SSSR count). The van der Waals surface area contributed by atoms with Gasteiger partial charge in [0.05, 0.1) is 10.5 Å². The molecule has 1 saturated heterocycles. The molecule has 0 bridgehead atoms. The minimum atomic E-state index is -3.74. The van der Waals surface area contributed by atoms with Crippen LogP contribution in [0.25, 0.3) is 0 Å². The van der Waals surface area contributed by atoms with Gasteiger partial charge in [-0.25, -0.2) is 17.5 Å². The lowest BCUT2D eigenvalue weighted by Crippen LogP contribution is -2.38. The average molecular weight is 386 g/mol. The van der Waals surface area contributed by atoms with Crippen LogP contribution < -0.4 is 10.0 Å². The molecule has 1 aliphatic heterocycles. The van der Waals surface area contributed by atoms with Crippen molar-refractivity contribution in [1.29, 1.82) is 0 Å². The third-order valence-electron chi connectivity index (χ3n) is 4.46. The Morgan fingerprint density at radius 3 is 2.62 bits per heavy atom. The van der Waals surface area contributed by atoms with Gasteiger partial charge in [-0.05, 0) is 50.0 Å². The molecule has 0 radical (unpaired) electrons. The number of carbonyl (C=O) groups excluding carboxylic acids is 1. The summed E-state index contributed by atoms with van der Waals surface area (Å²) < 4.78 is 40.4. The molecular weight excluding hydrogens is 357 g/mol. The van der Waals surface area contributed by atoms with Crippen molar-refractivity contribution in [3.8, 4) is 0 Å². The highest BCUT2D eigenvalue weighted by atomic mass is 32.2. The van der Waals surface area contributed by atoms with E-state index in [-0.39, 0.29) is 22.9 Å². The molecule has 146 valence electrons. The monoisotopic (exact) mass is 385 g/mol. The zero-order chi connectivity index (χ0) is 19.2. The van der Waals surface area contributed by atoms with Crippen LogP contribution in [0.3, 0.4) is 0 Å². The first-order valence-electron chi connectivity index (χ1n) is 9.13. The summed E-state index contributed by atoms with van der Waals surface area (Å²) in [5.74, 6) is -1.10. The van der Waals surface area contributed by atoms with Gasteiger partial charge in [-0.15, -0.1) is 0 Å². The second kappa shape index (κ2) is 9.43. The maximum atomic E-state index is 14.0. The Morgan fingerprint density at radius 1 is 1.27 bits per heavy atom. The summed E-state index contributed by atoms with van der Waals surface area (Å²) in [4.78, 5) is 14.6. The van der Waals surface area contributed by atoms with E-state index < -0.39 is 21.7 Å². The molecule has 1 unspecified atom stereocenters. The van der Waals surface area contributed by atoms with E-state index in [9.17, 15) is 17.6 Å². The highest BCUT2D eigenvalue weighted by molar-refractivity contribution is 7.89. The second-order valence-electron chi connectivity index (χ2n) is 6.82. The first-order valence-corrected chi connectivity index (χ1v) is 10.6. The number of halogens is 1. The predicted molar refractivity (Wildman–Crippen MR) is 99.1 cm³/mol. The van der Waals surface area contributed by atoms with Crippen molar-refractivity contribution in [1.82, 2.24) is 14.9 Å². The van der Waals surface area contributed by atoms with Gasteiger partial charge in [-0.1, -0.05) is 20.3 Å². The van der Waals surface area contributed by atoms with Crippen LogP contribution in [0, 0.1) is 11.7 Å². The van der Waals surface area contributed by atoms with Crippen molar-refractivity contribution in [3.63, 3.8) is 0 Å². The van der Waals surface area contributed by atoms with Gasteiger partial charge in [-0.3, -0.25) is 4.79 Å². The minimum Gasteiger partial charge on any atom is -0.352 e. The van der Waals surface area contributed by atoms with Crippen LogP contribution in [0.15, 0.2) is 23.1 Å². The number of sulfonamides is 1. The summed E-state index contributed by atoms with van der Waals surface area (Å²) in [6.07, 6.45) is 3.68. The Bertz CT molecular complexity index is 718. The Kier molecular flexibility index (Phi) is 7.55. The van der Waals surface area contributed by atoms with Crippen molar-refractivity contribution in [2.75, 3.05) is 32.7 Å². The molecule has 0 aliphatic carbocycles. The van der Waals surface area contributed by atoms with Crippen molar-refractivity contribution in [3.05, 3.63) is 29.6 Å². The molecule has 0 saturated carbocycles. The van der Waals surface area contributed by atoms with Crippen LogP contribution in [-0.4, -0.2) is 51.9 Å². The van der Waals surface area contributed by atoms with Crippen molar-refractivity contribution < 1.29 is 17.6 Å². The van der Waals surface area contributed by atoms with E-state index in [1.807, 2.05) is 6.92 Å². The summed E-state index contributed by atoms with van der Waals surface area (Å²) >= 11 is 0. The third kappa shape index (κ3) is 5.75. The lowest BCUT2D eigenvalue weighted by atomic mass is 10.1. The summed E-state index contributed by atoms with van der Waals surface area (Å²) in [7, 11) is -3.74. The Labute approximate surface area is 155 Å². The number of hydrogen-bond acceptors (Lipinski definition) is 4. The molecule has 1 fully saturated rings. The molecule has 1 amide bonds. The highest BCUT2D eigenvalue weighted by Gasteiger charge is 2.20. The SMILES string of the molecule is CCNS(=O)(=O)c1ccc(F)c(C(=O)NCC(C)CN2CCCCC2)c1. The van der Waals surface area contributed by atoms with Gasteiger partial charge in [0.25, 0.3) is 5.91 Å². The average Bonchev–Trinajstić information content (AvgIpc) is 2.60. The van der Waals surface area contributed by atoms with Gasteiger partial charge in [0.2, 0.25) is 10.0 Å². The summed E-state index contributed by atoms with van der Waals surface area (Å²) in [5, 5.41) is 2.72. The number of benzene rings is 1. The van der Waals surface area contributed by atoms with E-state index in [1.54, 1.807) is 6.92 Å². The molecule has 1 aliphatic rings. The first-order chi connectivity index (χ1) is 12.3. The van der Waals surface area contributed by atoms with Gasteiger partial charge >= 0.3 is 0 Å². The molecule has 6 nitrogen and oxygen atoms in total. The molecule has 2 N–H and O–H groups in total. The van der Waals surface area contributed by atoms with Gasteiger partial charge < -0.3 is 10.2 Å². The van der Waals surface area contributed by atoms with E-state index in [4.69, 9.17) is 0 Å². The number of hydrogen-bond donors (Lipinski definition) is 2. The van der Waals surface area contributed by atoms with Crippen LogP contribution in [-0.2, 0) is 10.0 Å². The highest BCUT2D eigenvalue weighted by Crippen LogP contribution is 2.16. The van der Waals surface area contributed by atoms with E-state index >= 15 is 0 Å². The fourth-order valence-electron chi connectivity index (χ4n) is 3.13. The molecule has 1 aromatic rings. The number of piperidine rings is 1. The van der Waals surface area contributed by atoms with Crippen LogP contribution in [0.4, 0.5) is 4.39 Å². The molecule has 26 heavy (non-hydrogen) atoms. The Morgan fingerprint density at radius 2 is 1.96 bits per heavy atom. The van der Waals surface area contributed by atoms with E-state index in [1.165, 1.54) is 19.3 Å². The fourth-order valence-corrected chi connectivity index (χ4v) is 4.20. The van der Waals surface area contributed by atoms with E-state index in [0.717, 1.165) is 37.8 Å². The van der Waals surface area contributed by atoms with Gasteiger partial charge in [0.15, 0.2) is 0 Å². The first kappa shape index (κ1) is 20.8. The minimum absolute atomic E-state index is 0.118.